The molecule has 0 aliphatic carbocycles. The minimum absolute atomic E-state index is 0.663. The van der Waals surface area contributed by atoms with Crippen molar-refractivity contribution in [3.8, 4) is 0 Å². The topological polar surface area (TPSA) is 35.2 Å². The van der Waals surface area contributed by atoms with E-state index in [0.717, 1.165) is 6.04 Å². The van der Waals surface area contributed by atoms with Crippen molar-refractivity contribution in [2.45, 2.75) is 37.6 Å². The molecule has 128 valence electrons. The summed E-state index contributed by atoms with van der Waals surface area (Å²) in [6, 6.07) is 11.6. The molecule has 24 heavy (non-hydrogen) atoms. The summed E-state index contributed by atoms with van der Waals surface area (Å²) in [6.45, 7) is 6.16. The number of hydrogen-bond donors (Lipinski definition) is 1. The first-order valence-electron chi connectivity index (χ1n) is 9.37. The van der Waals surface area contributed by atoms with Crippen LogP contribution in [0.5, 0.6) is 0 Å². The van der Waals surface area contributed by atoms with Crippen LogP contribution in [0, 0.1) is 0 Å². The number of likely N-dealkylation sites (tertiary alicyclic amines) is 2. The van der Waals surface area contributed by atoms with Crippen LogP contribution in [0.25, 0.3) is 0 Å². The van der Waals surface area contributed by atoms with Crippen LogP contribution in [0.2, 0.25) is 0 Å². The zero-order valence-corrected chi connectivity index (χ0v) is 14.4. The highest BCUT2D eigenvalue weighted by atomic mass is 15.3. The zero-order valence-electron chi connectivity index (χ0n) is 14.4. The molecule has 4 nitrogen and oxygen atoms in total. The predicted octanol–water partition coefficient (Wildman–Crippen LogP) is 2.91. The van der Waals surface area contributed by atoms with E-state index in [4.69, 9.17) is 0 Å². The lowest BCUT2D eigenvalue weighted by molar-refractivity contribution is 0.148. The number of nitrogens with zero attached hydrogens (tertiary/aromatic N) is 3. The Morgan fingerprint density at radius 1 is 1.08 bits per heavy atom. The van der Waals surface area contributed by atoms with E-state index >= 15 is 0 Å². The Hall–Kier alpha value is -1.65. The highest BCUT2D eigenvalue weighted by molar-refractivity contribution is 5.15. The van der Waals surface area contributed by atoms with Crippen LogP contribution in [0.1, 0.15) is 36.3 Å². The summed E-state index contributed by atoms with van der Waals surface area (Å²) in [6.07, 6.45) is 9.21. The fraction of sp³-hybridized carbons (Fsp3) is 0.550. The van der Waals surface area contributed by atoms with E-state index in [1.807, 2.05) is 6.20 Å². The fourth-order valence-electron chi connectivity index (χ4n) is 4.34. The van der Waals surface area contributed by atoms with Gasteiger partial charge in [-0.1, -0.05) is 30.3 Å². The average molecular weight is 324 g/mol. The standard InChI is InChI=1S/C20H28N4/c1-2-5-17(6-3-1)8-11-23-12-9-20(16-23)24-10-4-7-18(15-24)19-13-21-22-14-19/h1-3,5-6,13-14,18,20H,4,7-12,15-16H2,(H,21,22). The molecule has 2 aliphatic rings. The van der Waals surface area contributed by atoms with Crippen molar-refractivity contribution >= 4 is 0 Å². The molecule has 0 radical (unpaired) electrons. The Bertz CT molecular complexity index is 610. The number of benzene rings is 1. The molecule has 0 bridgehead atoms. The molecule has 2 fully saturated rings. The lowest BCUT2D eigenvalue weighted by atomic mass is 9.92. The maximum Gasteiger partial charge on any atom is 0.0522 e. The van der Waals surface area contributed by atoms with Crippen molar-refractivity contribution in [1.29, 1.82) is 0 Å². The maximum atomic E-state index is 4.13. The second-order valence-electron chi connectivity index (χ2n) is 7.34. The van der Waals surface area contributed by atoms with E-state index in [1.165, 1.54) is 69.5 Å². The van der Waals surface area contributed by atoms with Crippen LogP contribution >= 0.6 is 0 Å². The van der Waals surface area contributed by atoms with Gasteiger partial charge in [0.1, 0.15) is 0 Å². The molecule has 2 saturated heterocycles. The predicted molar refractivity (Wildman–Crippen MR) is 97.1 cm³/mol. The van der Waals surface area contributed by atoms with Gasteiger partial charge in [-0.2, -0.15) is 5.10 Å². The van der Waals surface area contributed by atoms with Gasteiger partial charge in [0.25, 0.3) is 0 Å². The fourth-order valence-corrected chi connectivity index (χ4v) is 4.34. The second-order valence-corrected chi connectivity index (χ2v) is 7.34. The van der Waals surface area contributed by atoms with Crippen LogP contribution < -0.4 is 0 Å². The van der Waals surface area contributed by atoms with Crippen LogP contribution in [-0.4, -0.2) is 58.8 Å². The number of rotatable bonds is 5. The summed E-state index contributed by atoms with van der Waals surface area (Å²) in [4.78, 5) is 5.39. The average Bonchev–Trinajstić information content (AvgIpc) is 3.33. The monoisotopic (exact) mass is 324 g/mol. The number of aromatic nitrogens is 2. The van der Waals surface area contributed by atoms with Crippen LogP contribution in [-0.2, 0) is 6.42 Å². The quantitative estimate of drug-likeness (QED) is 0.918. The SMILES string of the molecule is c1ccc(CCN2CCC(N3CCCC(c4cn[nH]c4)C3)C2)cc1. The first-order valence-corrected chi connectivity index (χ1v) is 9.37. The van der Waals surface area contributed by atoms with Gasteiger partial charge >= 0.3 is 0 Å². The van der Waals surface area contributed by atoms with Crippen molar-refractivity contribution in [2.24, 2.45) is 0 Å². The van der Waals surface area contributed by atoms with Crippen LogP contribution in [0.3, 0.4) is 0 Å². The number of H-pyrrole nitrogens is 1. The third-order valence-electron chi connectivity index (χ3n) is 5.77. The minimum atomic E-state index is 0.663. The third-order valence-corrected chi connectivity index (χ3v) is 5.77. The molecule has 0 amide bonds. The van der Waals surface area contributed by atoms with Crippen molar-refractivity contribution in [3.63, 3.8) is 0 Å². The summed E-state index contributed by atoms with van der Waals surface area (Å²) in [5, 5.41) is 7.11. The summed E-state index contributed by atoms with van der Waals surface area (Å²) >= 11 is 0. The van der Waals surface area contributed by atoms with Gasteiger partial charge in [-0.3, -0.25) is 10.00 Å². The van der Waals surface area contributed by atoms with Gasteiger partial charge in [0, 0.05) is 31.9 Å². The molecular weight excluding hydrogens is 296 g/mol. The Morgan fingerprint density at radius 3 is 2.83 bits per heavy atom. The van der Waals surface area contributed by atoms with Crippen molar-refractivity contribution in [1.82, 2.24) is 20.0 Å². The van der Waals surface area contributed by atoms with E-state index in [2.05, 4.69) is 56.5 Å². The lowest BCUT2D eigenvalue weighted by Gasteiger charge is -2.36. The molecule has 3 heterocycles. The van der Waals surface area contributed by atoms with E-state index in [-0.39, 0.29) is 0 Å². The van der Waals surface area contributed by atoms with Gasteiger partial charge in [-0.05, 0) is 55.8 Å². The molecule has 2 aromatic rings. The molecule has 1 aromatic heterocycles. The number of nitrogens with one attached hydrogen (secondary N) is 1. The Balaban J connectivity index is 1.28. The largest absolute Gasteiger partial charge is 0.301 e. The Labute approximate surface area is 144 Å². The molecule has 0 saturated carbocycles. The van der Waals surface area contributed by atoms with E-state index in [1.54, 1.807) is 0 Å². The van der Waals surface area contributed by atoms with Gasteiger partial charge in [0.05, 0.1) is 6.20 Å². The van der Waals surface area contributed by atoms with Crippen molar-refractivity contribution in [2.75, 3.05) is 32.7 Å². The number of piperidine rings is 1. The summed E-state index contributed by atoms with van der Waals surface area (Å²) in [7, 11) is 0. The van der Waals surface area contributed by atoms with Crippen LogP contribution in [0.15, 0.2) is 42.7 Å². The minimum Gasteiger partial charge on any atom is -0.301 e. The smallest absolute Gasteiger partial charge is 0.0522 e. The summed E-state index contributed by atoms with van der Waals surface area (Å²) < 4.78 is 0. The molecule has 4 rings (SSSR count). The highest BCUT2D eigenvalue weighted by Crippen LogP contribution is 2.29. The highest BCUT2D eigenvalue weighted by Gasteiger charge is 2.31. The molecule has 1 aromatic carbocycles. The van der Waals surface area contributed by atoms with E-state index in [9.17, 15) is 0 Å². The van der Waals surface area contributed by atoms with Crippen LogP contribution in [0.4, 0.5) is 0 Å². The van der Waals surface area contributed by atoms with Crippen molar-refractivity contribution < 1.29 is 0 Å². The number of hydrogen-bond acceptors (Lipinski definition) is 3. The molecule has 1 N–H and O–H groups in total. The maximum absolute atomic E-state index is 4.13. The van der Waals surface area contributed by atoms with Gasteiger partial charge in [0.15, 0.2) is 0 Å². The third kappa shape index (κ3) is 3.70. The molecule has 2 atom stereocenters. The molecule has 2 unspecified atom stereocenters. The van der Waals surface area contributed by atoms with E-state index in [0.29, 0.717) is 5.92 Å². The Kier molecular flexibility index (Phi) is 4.95. The Morgan fingerprint density at radius 2 is 2.00 bits per heavy atom. The number of aromatic amines is 1. The van der Waals surface area contributed by atoms with Crippen molar-refractivity contribution in [3.05, 3.63) is 53.9 Å². The lowest BCUT2D eigenvalue weighted by Crippen LogP contribution is -2.43. The van der Waals surface area contributed by atoms with Gasteiger partial charge in [0.2, 0.25) is 0 Å². The molecule has 4 heteroatoms. The first-order chi connectivity index (χ1) is 11.9. The summed E-state index contributed by atoms with van der Waals surface area (Å²) in [5.41, 5.74) is 2.84. The van der Waals surface area contributed by atoms with E-state index < -0.39 is 0 Å². The second kappa shape index (κ2) is 7.49. The molecule has 2 aliphatic heterocycles. The summed E-state index contributed by atoms with van der Waals surface area (Å²) in [5.74, 6) is 0.663. The normalized spacial score (nSPS) is 26.0. The zero-order chi connectivity index (χ0) is 16.2. The molecule has 0 spiro atoms. The van der Waals surface area contributed by atoms with Gasteiger partial charge < -0.3 is 4.90 Å². The first kappa shape index (κ1) is 15.9. The van der Waals surface area contributed by atoms with Gasteiger partial charge in [-0.15, -0.1) is 0 Å². The van der Waals surface area contributed by atoms with Gasteiger partial charge in [-0.25, -0.2) is 0 Å². The molecular formula is C20H28N4.